The number of halogens is 6. The fourth-order valence-corrected chi connectivity index (χ4v) is 6.71. The van der Waals surface area contributed by atoms with E-state index in [1.807, 2.05) is 0 Å². The summed E-state index contributed by atoms with van der Waals surface area (Å²) in [6, 6.07) is 7.72. The van der Waals surface area contributed by atoms with Crippen molar-refractivity contribution in [2.75, 3.05) is 22.9 Å². The van der Waals surface area contributed by atoms with Crippen LogP contribution in [0.3, 0.4) is 0 Å². The van der Waals surface area contributed by atoms with Crippen molar-refractivity contribution in [1.82, 2.24) is 9.78 Å². The number of hydrogen-bond acceptors (Lipinski definition) is 4. The molecule has 0 radical (unpaired) electrons. The van der Waals surface area contributed by atoms with Crippen LogP contribution in [0.5, 0.6) is 0 Å². The number of benzene rings is 2. The molecule has 1 N–H and O–H groups in total. The Kier molecular flexibility index (Phi) is 9.41. The van der Waals surface area contributed by atoms with Gasteiger partial charge in [0.05, 0.1) is 17.0 Å². The molecule has 3 aromatic rings. The molecule has 0 saturated heterocycles. The van der Waals surface area contributed by atoms with Gasteiger partial charge in [-0.25, -0.2) is 0 Å². The third-order valence-corrected chi connectivity index (χ3v) is 9.10. The molecule has 0 amide bonds. The maximum absolute atomic E-state index is 13.7. The summed E-state index contributed by atoms with van der Waals surface area (Å²) in [5.74, 6) is -0.309. The van der Waals surface area contributed by atoms with Gasteiger partial charge in [-0.05, 0) is 104 Å². The average molecular weight is 637 g/mol. The second-order valence-electron chi connectivity index (χ2n) is 12.3. The molecule has 1 saturated carbocycles. The number of aromatic nitrogens is 2. The van der Waals surface area contributed by atoms with E-state index in [1.54, 1.807) is 28.9 Å². The van der Waals surface area contributed by atoms with Gasteiger partial charge in [-0.2, -0.15) is 31.4 Å². The number of alkyl halides is 6. The molecule has 0 unspecified atom stereocenters. The van der Waals surface area contributed by atoms with E-state index < -0.39 is 29.4 Å². The van der Waals surface area contributed by atoms with Gasteiger partial charge >= 0.3 is 18.3 Å². The monoisotopic (exact) mass is 636 g/mol. The Balaban J connectivity index is 1.50. The first-order valence-corrected chi connectivity index (χ1v) is 15.4. The smallest absolute Gasteiger partial charge is 0.416 e. The fourth-order valence-electron chi connectivity index (χ4n) is 6.71. The van der Waals surface area contributed by atoms with Crippen LogP contribution in [-0.2, 0) is 50.1 Å². The van der Waals surface area contributed by atoms with Crippen LogP contribution >= 0.6 is 0 Å². The topological polar surface area (TPSA) is 61.6 Å². The first-order valence-electron chi connectivity index (χ1n) is 15.4. The Bertz CT molecular complexity index is 1480. The van der Waals surface area contributed by atoms with Crippen LogP contribution in [0.1, 0.15) is 72.4 Å². The first-order chi connectivity index (χ1) is 21.2. The largest absolute Gasteiger partial charge is 0.481 e. The van der Waals surface area contributed by atoms with Crippen molar-refractivity contribution >= 4 is 17.5 Å². The number of nitrogens with zero attached hydrogens (tertiary/aromatic N) is 4. The molecular formula is C33H38F6N4O2. The van der Waals surface area contributed by atoms with Gasteiger partial charge in [-0.15, -0.1) is 0 Å². The van der Waals surface area contributed by atoms with E-state index >= 15 is 0 Å². The number of aliphatic carboxylic acids is 1. The maximum Gasteiger partial charge on any atom is 0.416 e. The number of carbonyl (C=O) groups is 1. The minimum Gasteiger partial charge on any atom is -0.481 e. The normalized spacial score (nSPS) is 18.6. The van der Waals surface area contributed by atoms with Gasteiger partial charge in [-0.3, -0.25) is 9.48 Å². The van der Waals surface area contributed by atoms with E-state index in [-0.39, 0.29) is 30.6 Å². The van der Waals surface area contributed by atoms with E-state index in [1.165, 1.54) is 11.1 Å². The Hall–Kier alpha value is -3.70. The molecule has 45 heavy (non-hydrogen) atoms. The van der Waals surface area contributed by atoms with Crippen LogP contribution in [0.4, 0.5) is 37.8 Å². The second-order valence-corrected chi connectivity index (χ2v) is 12.3. The van der Waals surface area contributed by atoms with Crippen LogP contribution in [0.2, 0.25) is 0 Å². The maximum atomic E-state index is 13.7. The van der Waals surface area contributed by atoms with Crippen LogP contribution in [0.15, 0.2) is 42.6 Å². The lowest BCUT2D eigenvalue weighted by atomic mass is 9.81. The zero-order valence-corrected chi connectivity index (χ0v) is 25.4. The summed E-state index contributed by atoms with van der Waals surface area (Å²) < 4.78 is 83.6. The van der Waals surface area contributed by atoms with Crippen molar-refractivity contribution in [3.63, 3.8) is 0 Å². The first kappa shape index (κ1) is 32.7. The molecular weight excluding hydrogens is 598 g/mol. The highest BCUT2D eigenvalue weighted by Gasteiger charge is 2.37. The molecule has 6 nitrogen and oxygen atoms in total. The number of carboxylic acid groups (broad SMARTS) is 1. The molecule has 5 rings (SSSR count). The van der Waals surface area contributed by atoms with Crippen molar-refractivity contribution in [2.24, 2.45) is 18.9 Å². The van der Waals surface area contributed by atoms with Crippen LogP contribution in [0, 0.1) is 11.8 Å². The van der Waals surface area contributed by atoms with Gasteiger partial charge in [0.25, 0.3) is 0 Å². The van der Waals surface area contributed by atoms with E-state index in [9.17, 15) is 36.2 Å². The molecule has 0 atom stereocenters. The highest BCUT2D eigenvalue weighted by molar-refractivity contribution is 5.70. The zero-order valence-electron chi connectivity index (χ0n) is 25.4. The van der Waals surface area contributed by atoms with Crippen molar-refractivity contribution in [1.29, 1.82) is 0 Å². The van der Waals surface area contributed by atoms with Crippen molar-refractivity contribution in [2.45, 2.75) is 77.3 Å². The minimum absolute atomic E-state index is 0.118. The summed E-state index contributed by atoms with van der Waals surface area (Å²) in [6.45, 7) is 3.49. The molecule has 1 aromatic heterocycles. The summed E-state index contributed by atoms with van der Waals surface area (Å²) >= 11 is 0. The van der Waals surface area contributed by atoms with Crippen LogP contribution in [-0.4, -0.2) is 33.9 Å². The van der Waals surface area contributed by atoms with Crippen molar-refractivity contribution in [3.8, 4) is 0 Å². The highest BCUT2D eigenvalue weighted by Crippen LogP contribution is 2.38. The Labute approximate surface area is 258 Å². The summed E-state index contributed by atoms with van der Waals surface area (Å²) in [5.41, 5.74) is 1.55. The summed E-state index contributed by atoms with van der Waals surface area (Å²) in [6.07, 6.45) is -2.44. The predicted octanol–water partition coefficient (Wildman–Crippen LogP) is 7.87. The van der Waals surface area contributed by atoms with E-state index in [4.69, 9.17) is 0 Å². The summed E-state index contributed by atoms with van der Waals surface area (Å²) in [5, 5.41) is 13.9. The molecule has 0 aliphatic heterocycles. The third-order valence-electron chi connectivity index (χ3n) is 9.10. The standard InChI is InChI=1S/C33H38F6N4O2/c1-3-42(18-21-7-9-23(10-8-21)31(44)45)29-16-25-6-4-5-24(25)15-26(29)20-43(30-11-12-41(2)40-30)19-22-13-27(32(34,35)36)17-28(14-22)33(37,38)39/h11-17,21,23H,3-10,18-20H2,1-2H3,(H,44,45)/t21-,23-. The molecule has 0 spiro atoms. The number of anilines is 2. The number of aryl methyl sites for hydroxylation is 3. The fraction of sp³-hybridized carbons (Fsp3) is 0.515. The number of rotatable bonds is 10. The summed E-state index contributed by atoms with van der Waals surface area (Å²) in [7, 11) is 1.70. The quantitative estimate of drug-likeness (QED) is 0.230. The lowest BCUT2D eigenvalue weighted by Gasteiger charge is -2.34. The number of carboxylic acids is 1. The van der Waals surface area contributed by atoms with Crippen LogP contribution in [0.25, 0.3) is 0 Å². The molecule has 12 heteroatoms. The SMILES string of the molecule is CCN(C[C@H]1CC[C@H](C(=O)O)CC1)c1cc2c(cc1CN(Cc1cc(C(F)(F)F)cc(C(F)(F)F)c1)c1ccn(C)n1)CCC2. The predicted molar refractivity (Wildman–Crippen MR) is 159 cm³/mol. The van der Waals surface area contributed by atoms with E-state index in [0.29, 0.717) is 31.1 Å². The third kappa shape index (κ3) is 7.76. The van der Waals surface area contributed by atoms with Gasteiger partial charge in [-0.1, -0.05) is 6.07 Å². The second kappa shape index (κ2) is 13.0. The van der Waals surface area contributed by atoms with Gasteiger partial charge < -0.3 is 14.9 Å². The molecule has 2 aromatic carbocycles. The molecule has 0 bridgehead atoms. The molecule has 1 heterocycles. The van der Waals surface area contributed by atoms with Gasteiger partial charge in [0, 0.05) is 51.2 Å². The van der Waals surface area contributed by atoms with E-state index in [2.05, 4.69) is 29.1 Å². The minimum atomic E-state index is -4.94. The van der Waals surface area contributed by atoms with Crippen molar-refractivity contribution < 1.29 is 36.2 Å². The number of fused-ring (bicyclic) bond motifs is 1. The Morgan fingerprint density at radius 2 is 1.53 bits per heavy atom. The van der Waals surface area contributed by atoms with Crippen molar-refractivity contribution in [3.05, 3.63) is 76.0 Å². The van der Waals surface area contributed by atoms with Gasteiger partial charge in [0.15, 0.2) is 5.82 Å². The molecule has 2 aliphatic rings. The number of hydrogen-bond donors (Lipinski definition) is 1. The Morgan fingerprint density at radius 3 is 2.07 bits per heavy atom. The van der Waals surface area contributed by atoms with E-state index in [0.717, 1.165) is 62.0 Å². The van der Waals surface area contributed by atoms with Crippen LogP contribution < -0.4 is 9.80 Å². The lowest BCUT2D eigenvalue weighted by Crippen LogP contribution is -2.34. The molecule has 1 fully saturated rings. The highest BCUT2D eigenvalue weighted by atomic mass is 19.4. The Morgan fingerprint density at radius 1 is 0.911 bits per heavy atom. The molecule has 2 aliphatic carbocycles. The zero-order chi connectivity index (χ0) is 32.5. The molecule has 244 valence electrons. The van der Waals surface area contributed by atoms with Gasteiger partial charge in [0.2, 0.25) is 0 Å². The lowest BCUT2D eigenvalue weighted by molar-refractivity contribution is -0.144. The summed E-state index contributed by atoms with van der Waals surface area (Å²) in [4.78, 5) is 15.5. The van der Waals surface area contributed by atoms with Gasteiger partial charge in [0.1, 0.15) is 0 Å². The average Bonchev–Trinajstić information content (AvgIpc) is 3.63.